The molecule has 0 radical (unpaired) electrons. The van der Waals surface area contributed by atoms with Gasteiger partial charge in [0, 0.05) is 13.1 Å². The van der Waals surface area contributed by atoms with Gasteiger partial charge in [-0.25, -0.2) is 14.5 Å². The molecule has 0 bridgehead atoms. The maximum Gasteiger partial charge on any atom is 0.341 e. The number of benzene rings is 2. The summed E-state index contributed by atoms with van der Waals surface area (Å²) in [5.41, 5.74) is 9.99. The summed E-state index contributed by atoms with van der Waals surface area (Å²) in [6, 6.07) is 10.9. The fraction of sp³-hybridized carbons (Fsp3) is 0.348. The van der Waals surface area contributed by atoms with E-state index in [2.05, 4.69) is 21.7 Å². The monoisotopic (exact) mass is 491 g/mol. The molecule has 0 aliphatic rings. The number of hydrogen-bond acceptors (Lipinski definition) is 6. The first-order chi connectivity index (χ1) is 16.2. The Morgan fingerprint density at radius 3 is 2.44 bits per heavy atom. The maximum absolute atomic E-state index is 12.5. The van der Waals surface area contributed by atoms with Crippen molar-refractivity contribution in [1.82, 2.24) is 21.2 Å². The van der Waals surface area contributed by atoms with Crippen molar-refractivity contribution in [2.24, 2.45) is 0 Å². The Morgan fingerprint density at radius 1 is 1.12 bits per heavy atom. The third-order valence-corrected chi connectivity index (χ3v) is 5.11. The van der Waals surface area contributed by atoms with Crippen LogP contribution in [0.5, 0.6) is 5.75 Å². The molecule has 5 N–H and O–H groups in total. The van der Waals surface area contributed by atoms with Crippen molar-refractivity contribution in [3.63, 3.8) is 0 Å². The second kappa shape index (κ2) is 13.3. The SMILES string of the molecule is CC[C@@H](C)Oc1ccc(NNNC(=O)N(CCC(=O)O)C(=O)NCc2ccc(C)cc2)cc1Cl. The number of aliphatic carboxylic acids is 1. The molecule has 0 spiro atoms. The fourth-order valence-corrected chi connectivity index (χ4v) is 2.91. The Morgan fingerprint density at radius 2 is 1.82 bits per heavy atom. The predicted octanol–water partition coefficient (Wildman–Crippen LogP) is 4.05. The van der Waals surface area contributed by atoms with Crippen LogP contribution in [-0.2, 0) is 11.3 Å². The number of carbonyl (C=O) groups is 3. The lowest BCUT2D eigenvalue weighted by molar-refractivity contribution is -0.137. The Kier molecular flexibility index (Phi) is 10.4. The summed E-state index contributed by atoms with van der Waals surface area (Å²) < 4.78 is 5.71. The number of anilines is 1. The van der Waals surface area contributed by atoms with Gasteiger partial charge in [-0.1, -0.05) is 48.4 Å². The quantitative estimate of drug-likeness (QED) is 0.299. The topological polar surface area (TPSA) is 132 Å². The zero-order chi connectivity index (χ0) is 25.1. The lowest BCUT2D eigenvalue weighted by atomic mass is 10.1. The Bertz CT molecular complexity index is 986. The van der Waals surface area contributed by atoms with E-state index in [-0.39, 0.29) is 19.2 Å². The third kappa shape index (κ3) is 8.80. The zero-order valence-electron chi connectivity index (χ0n) is 19.4. The molecule has 0 heterocycles. The van der Waals surface area contributed by atoms with Gasteiger partial charge in [0.25, 0.3) is 0 Å². The summed E-state index contributed by atoms with van der Waals surface area (Å²) in [6.07, 6.45) is 0.454. The van der Waals surface area contributed by atoms with Gasteiger partial charge in [0.1, 0.15) is 5.75 Å². The largest absolute Gasteiger partial charge is 0.489 e. The number of hydrogen-bond donors (Lipinski definition) is 5. The summed E-state index contributed by atoms with van der Waals surface area (Å²) in [5.74, 6) is -0.597. The average Bonchev–Trinajstić information content (AvgIpc) is 2.80. The minimum Gasteiger partial charge on any atom is -0.489 e. The van der Waals surface area contributed by atoms with Gasteiger partial charge in [0.2, 0.25) is 0 Å². The Balaban J connectivity index is 1.92. The Labute approximate surface area is 203 Å². The van der Waals surface area contributed by atoms with Crippen LogP contribution in [0.3, 0.4) is 0 Å². The van der Waals surface area contributed by atoms with Crippen LogP contribution in [-0.4, -0.2) is 40.7 Å². The van der Waals surface area contributed by atoms with Crippen molar-refractivity contribution >= 4 is 35.3 Å². The fourth-order valence-electron chi connectivity index (χ4n) is 2.68. The van der Waals surface area contributed by atoms with Crippen LogP contribution in [0.15, 0.2) is 42.5 Å². The van der Waals surface area contributed by atoms with E-state index in [0.29, 0.717) is 16.5 Å². The number of rotatable bonds is 11. The number of hydrazine groups is 2. The maximum atomic E-state index is 12.5. The van der Waals surface area contributed by atoms with Crippen LogP contribution in [0, 0.1) is 6.92 Å². The van der Waals surface area contributed by atoms with Gasteiger partial charge in [-0.2, -0.15) is 0 Å². The Hall–Kier alpha value is -3.50. The van der Waals surface area contributed by atoms with Crippen LogP contribution in [0.4, 0.5) is 15.3 Å². The van der Waals surface area contributed by atoms with Crippen LogP contribution in [0.25, 0.3) is 0 Å². The van der Waals surface area contributed by atoms with Gasteiger partial charge in [-0.05, 0) is 44.0 Å². The van der Waals surface area contributed by atoms with Gasteiger partial charge >= 0.3 is 18.0 Å². The molecule has 0 aliphatic carbocycles. The van der Waals surface area contributed by atoms with E-state index < -0.39 is 24.5 Å². The average molecular weight is 492 g/mol. The molecule has 0 aliphatic heterocycles. The van der Waals surface area contributed by atoms with Crippen LogP contribution in [0.2, 0.25) is 5.02 Å². The minimum atomic E-state index is -1.13. The molecule has 10 nitrogen and oxygen atoms in total. The van der Waals surface area contributed by atoms with E-state index in [4.69, 9.17) is 21.4 Å². The highest BCUT2D eigenvalue weighted by Crippen LogP contribution is 2.28. The highest BCUT2D eigenvalue weighted by Gasteiger charge is 2.22. The lowest BCUT2D eigenvalue weighted by Gasteiger charge is -2.22. The number of amides is 4. The van der Waals surface area contributed by atoms with Gasteiger partial charge < -0.3 is 20.6 Å². The first-order valence-corrected chi connectivity index (χ1v) is 11.2. The van der Waals surface area contributed by atoms with Crippen molar-refractivity contribution in [1.29, 1.82) is 0 Å². The molecule has 2 aromatic carbocycles. The van der Waals surface area contributed by atoms with E-state index in [1.54, 1.807) is 18.2 Å². The van der Waals surface area contributed by atoms with Gasteiger partial charge in [-0.3, -0.25) is 10.2 Å². The van der Waals surface area contributed by atoms with Crippen LogP contribution >= 0.6 is 11.6 Å². The molecule has 34 heavy (non-hydrogen) atoms. The van der Waals surface area contributed by atoms with E-state index in [1.807, 2.05) is 45.0 Å². The van der Waals surface area contributed by atoms with Gasteiger partial charge in [0.05, 0.1) is 23.2 Å². The summed E-state index contributed by atoms with van der Waals surface area (Å²) in [6.45, 7) is 5.77. The molecule has 1 atom stereocenters. The highest BCUT2D eigenvalue weighted by molar-refractivity contribution is 6.32. The predicted molar refractivity (Wildman–Crippen MR) is 129 cm³/mol. The third-order valence-electron chi connectivity index (χ3n) is 4.82. The summed E-state index contributed by atoms with van der Waals surface area (Å²) >= 11 is 6.23. The zero-order valence-corrected chi connectivity index (χ0v) is 20.1. The van der Waals surface area contributed by atoms with E-state index in [0.717, 1.165) is 22.4 Å². The molecule has 184 valence electrons. The number of nitrogens with zero attached hydrogens (tertiary/aromatic N) is 1. The summed E-state index contributed by atoms with van der Waals surface area (Å²) in [4.78, 5) is 36.8. The second-order valence-electron chi connectivity index (χ2n) is 7.60. The molecule has 4 amide bonds. The van der Waals surface area contributed by atoms with Crippen molar-refractivity contribution in [2.75, 3.05) is 12.0 Å². The first-order valence-electron chi connectivity index (χ1n) is 10.8. The van der Waals surface area contributed by atoms with Crippen molar-refractivity contribution in [3.8, 4) is 5.75 Å². The molecule has 0 aromatic heterocycles. The van der Waals surface area contributed by atoms with Crippen LogP contribution < -0.4 is 26.4 Å². The number of aryl methyl sites for hydroxylation is 1. The van der Waals surface area contributed by atoms with E-state index in [9.17, 15) is 14.4 Å². The number of halogens is 1. The van der Waals surface area contributed by atoms with Crippen molar-refractivity contribution < 1.29 is 24.2 Å². The minimum absolute atomic E-state index is 0.0164. The number of carboxylic acid groups (broad SMARTS) is 1. The van der Waals surface area contributed by atoms with Gasteiger partial charge in [-0.15, -0.1) is 5.53 Å². The summed E-state index contributed by atoms with van der Waals surface area (Å²) in [5, 5.41) is 12.0. The molecular formula is C23H30ClN5O5. The molecule has 0 unspecified atom stereocenters. The van der Waals surface area contributed by atoms with E-state index in [1.165, 1.54) is 0 Å². The smallest absolute Gasteiger partial charge is 0.341 e. The number of ether oxygens (including phenoxy) is 1. The number of imide groups is 1. The van der Waals surface area contributed by atoms with Crippen LogP contribution in [0.1, 0.15) is 37.8 Å². The normalized spacial score (nSPS) is 11.3. The second-order valence-corrected chi connectivity index (χ2v) is 8.01. The molecular weight excluding hydrogens is 462 g/mol. The molecule has 2 aromatic rings. The standard InChI is InChI=1S/C23H30ClN5O5/c1-4-16(3)34-20-10-9-18(13-19(20)24)26-28-27-23(33)29(12-11-21(30)31)22(32)25-14-17-7-5-15(2)6-8-17/h5-10,13,16,26,28H,4,11-12,14H2,1-3H3,(H,25,32)(H,27,33)(H,30,31)/t16-/m1/s1. The number of nitrogens with one attached hydrogen (secondary N) is 4. The first kappa shape index (κ1) is 26.7. The molecule has 0 saturated heterocycles. The molecule has 0 saturated carbocycles. The molecule has 2 rings (SSSR count). The molecule has 0 fully saturated rings. The lowest BCUT2D eigenvalue weighted by Crippen LogP contribution is -2.53. The summed E-state index contributed by atoms with van der Waals surface area (Å²) in [7, 11) is 0. The number of carboxylic acids is 1. The van der Waals surface area contributed by atoms with Gasteiger partial charge in [0.15, 0.2) is 0 Å². The number of urea groups is 2. The van der Waals surface area contributed by atoms with Crippen molar-refractivity contribution in [2.45, 2.75) is 46.3 Å². The number of carbonyl (C=O) groups excluding carboxylic acids is 2. The van der Waals surface area contributed by atoms with E-state index >= 15 is 0 Å². The highest BCUT2D eigenvalue weighted by atomic mass is 35.5. The van der Waals surface area contributed by atoms with Crippen molar-refractivity contribution in [3.05, 3.63) is 58.6 Å². The molecule has 11 heteroatoms.